The van der Waals surface area contributed by atoms with E-state index in [0.29, 0.717) is 12.5 Å². The molecule has 0 radical (unpaired) electrons. The van der Waals surface area contributed by atoms with Crippen LogP contribution in [0, 0.1) is 5.41 Å². The topological polar surface area (TPSA) is 70.9 Å². The van der Waals surface area contributed by atoms with Crippen molar-refractivity contribution >= 4 is 5.84 Å². The average molecular weight is 263 g/mol. The number of aromatic nitrogens is 2. The molecule has 0 amide bonds. The number of nitrogens with zero attached hydrogens (tertiary/aromatic N) is 3. The fourth-order valence-corrected chi connectivity index (χ4v) is 2.69. The molecule has 0 atom stereocenters. The summed E-state index contributed by atoms with van der Waals surface area (Å²) in [6, 6.07) is 2.73. The van der Waals surface area contributed by atoms with Crippen LogP contribution >= 0.6 is 0 Å². The van der Waals surface area contributed by atoms with Gasteiger partial charge in [0.05, 0.1) is 17.6 Å². The first kappa shape index (κ1) is 14.1. The number of nitrogens with two attached hydrogens (primary N) is 1. The molecule has 1 aliphatic rings. The Morgan fingerprint density at radius 2 is 2.26 bits per heavy atom. The number of rotatable bonds is 7. The normalized spacial score (nSPS) is 16.3. The number of hydrogen-bond donors (Lipinski definition) is 2. The lowest BCUT2D eigenvalue weighted by atomic mass is 10.3. The summed E-state index contributed by atoms with van der Waals surface area (Å²) in [4.78, 5) is 2.28. The van der Waals surface area contributed by atoms with Gasteiger partial charge in [-0.2, -0.15) is 5.10 Å². The van der Waals surface area contributed by atoms with Gasteiger partial charge in [-0.05, 0) is 25.5 Å². The smallest absolute Gasteiger partial charge is 0.0918 e. The molecule has 0 saturated heterocycles. The van der Waals surface area contributed by atoms with Crippen LogP contribution in [-0.4, -0.2) is 33.6 Å². The molecule has 1 aromatic heterocycles. The van der Waals surface area contributed by atoms with Gasteiger partial charge in [-0.3, -0.25) is 15.0 Å². The second kappa shape index (κ2) is 6.70. The monoisotopic (exact) mass is 263 g/mol. The van der Waals surface area contributed by atoms with Gasteiger partial charge in [-0.1, -0.05) is 19.8 Å². The zero-order valence-electron chi connectivity index (χ0n) is 11.8. The van der Waals surface area contributed by atoms with E-state index < -0.39 is 0 Å². The highest BCUT2D eigenvalue weighted by atomic mass is 15.3. The van der Waals surface area contributed by atoms with Gasteiger partial charge in [-0.15, -0.1) is 0 Å². The van der Waals surface area contributed by atoms with Crippen LogP contribution in [0.2, 0.25) is 0 Å². The van der Waals surface area contributed by atoms with Crippen molar-refractivity contribution < 1.29 is 0 Å². The Hall–Kier alpha value is -1.36. The van der Waals surface area contributed by atoms with Gasteiger partial charge >= 0.3 is 0 Å². The summed E-state index contributed by atoms with van der Waals surface area (Å²) < 4.78 is 2.14. The highest BCUT2D eigenvalue weighted by Crippen LogP contribution is 2.28. The third-order valence-corrected chi connectivity index (χ3v) is 3.89. The van der Waals surface area contributed by atoms with Gasteiger partial charge in [0.1, 0.15) is 0 Å². The molecule has 19 heavy (non-hydrogen) atoms. The van der Waals surface area contributed by atoms with Crippen molar-refractivity contribution in [3.05, 3.63) is 18.0 Å². The first-order valence-corrected chi connectivity index (χ1v) is 7.28. The van der Waals surface area contributed by atoms with E-state index >= 15 is 0 Å². The van der Waals surface area contributed by atoms with E-state index in [9.17, 15) is 0 Å². The summed E-state index contributed by atoms with van der Waals surface area (Å²) in [5.41, 5.74) is 6.54. The van der Waals surface area contributed by atoms with Crippen LogP contribution in [0.1, 0.15) is 50.8 Å². The Morgan fingerprint density at radius 1 is 1.53 bits per heavy atom. The fourth-order valence-electron chi connectivity index (χ4n) is 2.69. The lowest BCUT2D eigenvalue weighted by Crippen LogP contribution is -2.27. The van der Waals surface area contributed by atoms with Crippen molar-refractivity contribution in [2.45, 2.75) is 51.6 Å². The molecule has 0 bridgehead atoms. The maximum atomic E-state index is 7.29. The van der Waals surface area contributed by atoms with Gasteiger partial charge in [0, 0.05) is 25.7 Å². The minimum absolute atomic E-state index is 0.259. The first-order chi connectivity index (χ1) is 9.19. The van der Waals surface area contributed by atoms with Gasteiger partial charge in [0.25, 0.3) is 0 Å². The van der Waals surface area contributed by atoms with Crippen molar-refractivity contribution in [2.75, 3.05) is 13.1 Å². The highest BCUT2D eigenvalue weighted by Gasteiger charge is 2.17. The van der Waals surface area contributed by atoms with Crippen molar-refractivity contribution in [2.24, 2.45) is 5.73 Å². The fraction of sp³-hybridized carbons (Fsp3) is 0.714. The van der Waals surface area contributed by atoms with Crippen molar-refractivity contribution in [3.63, 3.8) is 0 Å². The van der Waals surface area contributed by atoms with Crippen LogP contribution in [0.3, 0.4) is 0 Å². The zero-order chi connectivity index (χ0) is 13.7. The van der Waals surface area contributed by atoms with Crippen LogP contribution in [0.5, 0.6) is 0 Å². The first-order valence-electron chi connectivity index (χ1n) is 7.28. The van der Waals surface area contributed by atoms with Crippen molar-refractivity contribution in [1.82, 2.24) is 14.7 Å². The van der Waals surface area contributed by atoms with E-state index in [-0.39, 0.29) is 5.84 Å². The van der Waals surface area contributed by atoms with E-state index in [0.717, 1.165) is 25.3 Å². The summed E-state index contributed by atoms with van der Waals surface area (Å²) in [7, 11) is 0. The molecular weight excluding hydrogens is 238 g/mol. The second-order valence-electron chi connectivity index (χ2n) is 5.37. The number of amidine groups is 1. The van der Waals surface area contributed by atoms with E-state index in [4.69, 9.17) is 16.2 Å². The molecule has 2 rings (SSSR count). The van der Waals surface area contributed by atoms with Gasteiger partial charge < -0.3 is 5.73 Å². The van der Waals surface area contributed by atoms with E-state index in [1.54, 1.807) is 0 Å². The second-order valence-corrected chi connectivity index (χ2v) is 5.37. The van der Waals surface area contributed by atoms with Gasteiger partial charge in [0.2, 0.25) is 0 Å². The van der Waals surface area contributed by atoms with Crippen LogP contribution in [0.25, 0.3) is 0 Å². The van der Waals surface area contributed by atoms with Gasteiger partial charge in [0.15, 0.2) is 0 Å². The quantitative estimate of drug-likeness (QED) is 0.585. The largest absolute Gasteiger partial charge is 0.388 e. The Morgan fingerprint density at radius 3 is 2.89 bits per heavy atom. The Bertz CT molecular complexity index is 406. The molecule has 0 aliphatic heterocycles. The van der Waals surface area contributed by atoms with E-state index in [1.807, 2.05) is 0 Å². The SMILES string of the molecule is CCN(CCC(=N)N)Cc1ccn(C2CCCC2)n1. The molecular formula is C14H25N5. The molecule has 106 valence electrons. The third-order valence-electron chi connectivity index (χ3n) is 3.89. The lowest BCUT2D eigenvalue weighted by Gasteiger charge is -2.18. The third kappa shape index (κ3) is 4.06. The Kier molecular flexibility index (Phi) is 4.96. The standard InChI is InChI=1S/C14H25N5/c1-2-18(9-8-14(15)16)11-12-7-10-19(17-12)13-5-3-4-6-13/h7,10,13H,2-6,8-9,11H2,1H3,(H3,15,16). The van der Waals surface area contributed by atoms with Gasteiger partial charge in [-0.25, -0.2) is 0 Å². The highest BCUT2D eigenvalue weighted by molar-refractivity contribution is 5.76. The van der Waals surface area contributed by atoms with Crippen LogP contribution in [0.4, 0.5) is 0 Å². The van der Waals surface area contributed by atoms with Crippen LogP contribution < -0.4 is 5.73 Å². The number of hydrogen-bond acceptors (Lipinski definition) is 3. The minimum Gasteiger partial charge on any atom is -0.388 e. The molecule has 1 saturated carbocycles. The molecule has 3 N–H and O–H groups in total. The molecule has 5 nitrogen and oxygen atoms in total. The molecule has 1 aromatic rings. The predicted molar refractivity (Wildman–Crippen MR) is 77.2 cm³/mol. The summed E-state index contributed by atoms with van der Waals surface area (Å²) in [5.74, 6) is 0.259. The molecule has 1 aliphatic carbocycles. The van der Waals surface area contributed by atoms with E-state index in [1.165, 1.54) is 25.7 Å². The summed E-state index contributed by atoms with van der Waals surface area (Å²) >= 11 is 0. The summed E-state index contributed by atoms with van der Waals surface area (Å²) in [6.07, 6.45) is 7.95. The summed E-state index contributed by atoms with van der Waals surface area (Å²) in [5, 5.41) is 12.0. The number of nitrogens with one attached hydrogen (secondary N) is 1. The minimum atomic E-state index is 0.259. The average Bonchev–Trinajstić information content (AvgIpc) is 3.04. The predicted octanol–water partition coefficient (Wildman–Crippen LogP) is 2.15. The maximum Gasteiger partial charge on any atom is 0.0918 e. The summed E-state index contributed by atoms with van der Waals surface area (Å²) in [6.45, 7) is 4.78. The van der Waals surface area contributed by atoms with Crippen LogP contribution in [0.15, 0.2) is 12.3 Å². The van der Waals surface area contributed by atoms with E-state index in [2.05, 4.69) is 28.8 Å². The zero-order valence-corrected chi connectivity index (χ0v) is 11.8. The molecule has 1 heterocycles. The van der Waals surface area contributed by atoms with Crippen molar-refractivity contribution in [3.8, 4) is 0 Å². The molecule has 0 spiro atoms. The Labute approximate surface area is 115 Å². The molecule has 5 heteroatoms. The molecule has 0 aromatic carbocycles. The Balaban J connectivity index is 1.88. The molecule has 0 unspecified atom stereocenters. The molecule has 1 fully saturated rings. The van der Waals surface area contributed by atoms with Crippen molar-refractivity contribution in [1.29, 1.82) is 5.41 Å². The van der Waals surface area contributed by atoms with Crippen LogP contribution in [-0.2, 0) is 6.54 Å². The lowest BCUT2D eigenvalue weighted by molar-refractivity contribution is 0.282. The maximum absolute atomic E-state index is 7.29.